The highest BCUT2D eigenvalue weighted by Crippen LogP contribution is 2.41. The first-order valence-electron chi connectivity index (χ1n) is 9.18. The zero-order chi connectivity index (χ0) is 17.0. The highest BCUT2D eigenvalue weighted by atomic mass is 32.1. The van der Waals surface area contributed by atoms with Gasteiger partial charge in [0, 0.05) is 42.7 Å². The van der Waals surface area contributed by atoms with Gasteiger partial charge in [0.2, 0.25) is 0 Å². The van der Waals surface area contributed by atoms with Gasteiger partial charge in [0.25, 0.3) is 0 Å². The first-order valence-corrected chi connectivity index (χ1v) is 10.1. The molecule has 0 amide bonds. The molecule has 4 rings (SSSR count). The third-order valence-electron chi connectivity index (χ3n) is 5.39. The Hall–Kier alpha value is -1.27. The molecule has 0 aliphatic carbocycles. The van der Waals surface area contributed by atoms with Crippen LogP contribution in [0.3, 0.4) is 0 Å². The number of rotatable bonds is 6. The van der Waals surface area contributed by atoms with E-state index in [9.17, 15) is 0 Å². The minimum atomic E-state index is 0.128. The van der Waals surface area contributed by atoms with Crippen LogP contribution in [0.25, 0.3) is 0 Å². The second-order valence-corrected chi connectivity index (χ2v) is 8.25. The van der Waals surface area contributed by atoms with Crippen LogP contribution in [0.2, 0.25) is 0 Å². The van der Waals surface area contributed by atoms with E-state index in [1.54, 1.807) is 0 Å². The molecule has 4 nitrogen and oxygen atoms in total. The fourth-order valence-electron chi connectivity index (χ4n) is 4.19. The van der Waals surface area contributed by atoms with Crippen molar-refractivity contribution in [1.82, 2.24) is 9.88 Å². The van der Waals surface area contributed by atoms with E-state index in [1.165, 1.54) is 11.3 Å². The summed E-state index contributed by atoms with van der Waals surface area (Å²) in [5.41, 5.74) is 1.13. The zero-order valence-corrected chi connectivity index (χ0v) is 15.4. The van der Waals surface area contributed by atoms with Crippen molar-refractivity contribution >= 4 is 11.3 Å². The van der Waals surface area contributed by atoms with E-state index >= 15 is 0 Å². The number of pyridine rings is 1. The lowest BCUT2D eigenvalue weighted by Crippen LogP contribution is -2.56. The van der Waals surface area contributed by atoms with E-state index in [-0.39, 0.29) is 5.41 Å². The normalized spacial score (nSPS) is 27.1. The molecule has 2 saturated heterocycles. The van der Waals surface area contributed by atoms with Gasteiger partial charge in [0.05, 0.1) is 25.0 Å². The maximum Gasteiger partial charge on any atom is 0.0888 e. The fraction of sp³-hybridized carbons (Fsp3) is 0.550. The lowest BCUT2D eigenvalue weighted by Gasteiger charge is -2.50. The van der Waals surface area contributed by atoms with Gasteiger partial charge in [-0.3, -0.25) is 9.88 Å². The molecular formula is C20H26N2O2S. The van der Waals surface area contributed by atoms with Gasteiger partial charge in [-0.15, -0.1) is 11.3 Å². The van der Waals surface area contributed by atoms with E-state index in [0.717, 1.165) is 51.4 Å². The van der Waals surface area contributed by atoms with Crippen molar-refractivity contribution in [2.75, 3.05) is 26.3 Å². The van der Waals surface area contributed by atoms with Crippen molar-refractivity contribution in [3.05, 3.63) is 52.5 Å². The number of likely N-dealkylation sites (tertiary alicyclic amines) is 1. The number of ether oxygens (including phenoxy) is 2. The molecule has 2 aromatic rings. The number of thiophene rings is 1. The first kappa shape index (κ1) is 17.2. The summed E-state index contributed by atoms with van der Waals surface area (Å²) in [7, 11) is 0. The zero-order valence-electron chi connectivity index (χ0n) is 14.6. The first-order chi connectivity index (χ1) is 12.3. The molecule has 0 aromatic carbocycles. The number of piperidine rings is 1. The van der Waals surface area contributed by atoms with Crippen LogP contribution in [0.4, 0.5) is 0 Å². The summed E-state index contributed by atoms with van der Waals surface area (Å²) in [6, 6.07) is 10.4. The van der Waals surface area contributed by atoms with Gasteiger partial charge in [0.15, 0.2) is 0 Å². The SMILES string of the molecule is c1ccc(COCC23CCCOC2CCN(Cc2cccs2)C3)nc1. The predicted molar refractivity (Wildman–Crippen MR) is 99.5 cm³/mol. The number of hydrogen-bond acceptors (Lipinski definition) is 5. The van der Waals surface area contributed by atoms with E-state index in [2.05, 4.69) is 27.4 Å². The Morgan fingerprint density at radius 1 is 1.32 bits per heavy atom. The minimum Gasteiger partial charge on any atom is -0.377 e. The van der Waals surface area contributed by atoms with Crippen molar-refractivity contribution < 1.29 is 9.47 Å². The van der Waals surface area contributed by atoms with Crippen molar-refractivity contribution in [1.29, 1.82) is 0 Å². The second-order valence-electron chi connectivity index (χ2n) is 7.22. The van der Waals surface area contributed by atoms with E-state index in [0.29, 0.717) is 12.7 Å². The summed E-state index contributed by atoms with van der Waals surface area (Å²) >= 11 is 1.85. The summed E-state index contributed by atoms with van der Waals surface area (Å²) < 4.78 is 12.3. The van der Waals surface area contributed by atoms with Crippen LogP contribution in [0.1, 0.15) is 29.8 Å². The monoisotopic (exact) mass is 358 g/mol. The van der Waals surface area contributed by atoms with Crippen LogP contribution in [0.15, 0.2) is 41.9 Å². The Bertz CT molecular complexity index is 649. The molecular weight excluding hydrogens is 332 g/mol. The molecule has 2 aliphatic heterocycles. The summed E-state index contributed by atoms with van der Waals surface area (Å²) in [4.78, 5) is 8.39. The molecule has 0 bridgehead atoms. The number of nitrogens with zero attached hydrogens (tertiary/aromatic N) is 2. The average molecular weight is 359 g/mol. The minimum absolute atomic E-state index is 0.128. The van der Waals surface area contributed by atoms with Crippen molar-refractivity contribution in [3.63, 3.8) is 0 Å². The van der Waals surface area contributed by atoms with Gasteiger partial charge in [-0.25, -0.2) is 0 Å². The standard InChI is InChI=1S/C20H26N2O2S/c1-2-9-21-17(5-1)14-23-16-20-8-4-11-24-19(20)7-10-22(15-20)13-18-6-3-12-25-18/h1-3,5-6,9,12,19H,4,7-8,10-11,13-16H2. The third-order valence-corrected chi connectivity index (χ3v) is 6.25. The van der Waals surface area contributed by atoms with Gasteiger partial charge in [-0.2, -0.15) is 0 Å². The molecule has 2 fully saturated rings. The largest absolute Gasteiger partial charge is 0.377 e. The van der Waals surface area contributed by atoms with Gasteiger partial charge < -0.3 is 9.47 Å². The third kappa shape index (κ3) is 4.11. The quantitative estimate of drug-likeness (QED) is 0.788. The van der Waals surface area contributed by atoms with Crippen LogP contribution in [0.5, 0.6) is 0 Å². The fourth-order valence-corrected chi connectivity index (χ4v) is 4.94. The van der Waals surface area contributed by atoms with Crippen LogP contribution in [-0.4, -0.2) is 42.3 Å². The van der Waals surface area contributed by atoms with Crippen molar-refractivity contribution in [2.45, 2.75) is 38.5 Å². The maximum absolute atomic E-state index is 6.15. The molecule has 25 heavy (non-hydrogen) atoms. The van der Waals surface area contributed by atoms with Crippen molar-refractivity contribution in [3.8, 4) is 0 Å². The lowest BCUT2D eigenvalue weighted by atomic mass is 9.73. The summed E-state index contributed by atoms with van der Waals surface area (Å²) in [5.74, 6) is 0. The molecule has 0 N–H and O–H groups in total. The Labute approximate surface area is 153 Å². The number of aromatic nitrogens is 1. The second kappa shape index (κ2) is 7.96. The van der Waals surface area contributed by atoms with Gasteiger partial charge in [-0.1, -0.05) is 12.1 Å². The molecule has 2 atom stereocenters. The van der Waals surface area contributed by atoms with Gasteiger partial charge in [-0.05, 0) is 42.8 Å². The Balaban J connectivity index is 1.40. The number of hydrogen-bond donors (Lipinski definition) is 0. The smallest absolute Gasteiger partial charge is 0.0888 e. The molecule has 2 aliphatic rings. The molecule has 0 spiro atoms. The van der Waals surface area contributed by atoms with Crippen LogP contribution in [-0.2, 0) is 22.6 Å². The Kier molecular flexibility index (Phi) is 5.46. The Morgan fingerprint density at radius 3 is 3.16 bits per heavy atom. The van der Waals surface area contributed by atoms with Crippen LogP contribution >= 0.6 is 11.3 Å². The van der Waals surface area contributed by atoms with Crippen LogP contribution in [0, 0.1) is 5.41 Å². The van der Waals surface area contributed by atoms with E-state index in [4.69, 9.17) is 9.47 Å². The molecule has 0 saturated carbocycles. The summed E-state index contributed by atoms with van der Waals surface area (Å²) in [6.45, 7) is 5.47. The Morgan fingerprint density at radius 2 is 2.32 bits per heavy atom. The lowest BCUT2D eigenvalue weighted by molar-refractivity contribution is -0.155. The van der Waals surface area contributed by atoms with Crippen molar-refractivity contribution in [2.24, 2.45) is 5.41 Å². The molecule has 134 valence electrons. The molecule has 4 heterocycles. The molecule has 2 unspecified atom stereocenters. The molecule has 5 heteroatoms. The maximum atomic E-state index is 6.15. The molecule has 0 radical (unpaired) electrons. The number of fused-ring (bicyclic) bond motifs is 1. The van der Waals surface area contributed by atoms with Crippen LogP contribution < -0.4 is 0 Å². The summed E-state index contributed by atoms with van der Waals surface area (Å²) in [5, 5.41) is 2.16. The highest BCUT2D eigenvalue weighted by Gasteiger charge is 2.46. The average Bonchev–Trinajstić information content (AvgIpc) is 3.15. The van der Waals surface area contributed by atoms with E-state index < -0.39 is 0 Å². The predicted octanol–water partition coefficient (Wildman–Crippen LogP) is 3.73. The molecule has 2 aromatic heterocycles. The summed E-state index contributed by atoms with van der Waals surface area (Å²) in [6.07, 6.45) is 5.60. The van der Waals surface area contributed by atoms with Gasteiger partial charge >= 0.3 is 0 Å². The topological polar surface area (TPSA) is 34.6 Å². The van der Waals surface area contributed by atoms with Gasteiger partial charge in [0.1, 0.15) is 0 Å². The highest BCUT2D eigenvalue weighted by molar-refractivity contribution is 7.09. The van der Waals surface area contributed by atoms with E-state index in [1.807, 2.05) is 35.7 Å².